The molecule has 0 saturated carbocycles. The lowest BCUT2D eigenvalue weighted by Gasteiger charge is -2.50. The molecule has 1 aromatic carbocycles. The summed E-state index contributed by atoms with van der Waals surface area (Å²) in [6.07, 6.45) is 0. The van der Waals surface area contributed by atoms with Crippen molar-refractivity contribution in [1.82, 2.24) is 25.3 Å². The van der Waals surface area contributed by atoms with Crippen molar-refractivity contribution in [3.8, 4) is 0 Å². The molecule has 2 N–H and O–H groups in total. The van der Waals surface area contributed by atoms with Crippen LogP contribution in [0.2, 0.25) is 0 Å². The van der Waals surface area contributed by atoms with Gasteiger partial charge in [-0.1, -0.05) is 44.2 Å². The van der Waals surface area contributed by atoms with Gasteiger partial charge in [-0.25, -0.2) is 5.10 Å². The van der Waals surface area contributed by atoms with Crippen LogP contribution in [0.25, 0.3) is 0 Å². The van der Waals surface area contributed by atoms with Gasteiger partial charge in [-0.05, 0) is 17.5 Å². The molecule has 8 heteroatoms. The maximum absolute atomic E-state index is 13.0. The van der Waals surface area contributed by atoms with Crippen molar-refractivity contribution in [2.45, 2.75) is 20.4 Å². The molecule has 1 aromatic heterocycles. The van der Waals surface area contributed by atoms with E-state index in [4.69, 9.17) is 0 Å². The van der Waals surface area contributed by atoms with E-state index in [9.17, 15) is 14.4 Å². The molecule has 2 aliphatic heterocycles. The maximum Gasteiger partial charge on any atom is 0.274 e. The normalized spacial score (nSPS) is 20.1. The number of hydrogen-bond donors (Lipinski definition) is 2. The molecule has 3 heterocycles. The Morgan fingerprint density at radius 2 is 1.90 bits per heavy atom. The van der Waals surface area contributed by atoms with Gasteiger partial charge in [-0.2, -0.15) is 5.10 Å². The van der Waals surface area contributed by atoms with Crippen molar-refractivity contribution >= 4 is 11.8 Å². The van der Waals surface area contributed by atoms with Gasteiger partial charge in [0, 0.05) is 50.7 Å². The van der Waals surface area contributed by atoms with Gasteiger partial charge < -0.3 is 10.2 Å². The molecular weight excluding hydrogens is 394 g/mol. The molecule has 0 radical (unpaired) electrons. The van der Waals surface area contributed by atoms with Gasteiger partial charge in [0.25, 0.3) is 11.5 Å². The summed E-state index contributed by atoms with van der Waals surface area (Å²) in [5.41, 5.74) is 0.832. The van der Waals surface area contributed by atoms with Crippen LogP contribution < -0.4 is 10.9 Å². The number of hydrogen-bond acceptors (Lipinski definition) is 5. The standard InChI is InChI=1S/C23H29N5O3/c1-16(2)10-24-21(30)18-12-27(11-17-6-4-3-5-7-17)13-23(18)14-28(15-23)22(31)19-8-9-20(29)26-25-19/h3-9,16,18H,10-15H2,1-2H3,(H,24,30)(H,26,29). The smallest absolute Gasteiger partial charge is 0.274 e. The fourth-order valence-corrected chi connectivity index (χ4v) is 4.63. The molecule has 2 amide bonds. The van der Waals surface area contributed by atoms with Gasteiger partial charge in [-0.15, -0.1) is 0 Å². The zero-order valence-corrected chi connectivity index (χ0v) is 18.0. The van der Waals surface area contributed by atoms with E-state index < -0.39 is 0 Å². The van der Waals surface area contributed by atoms with E-state index in [2.05, 4.69) is 46.4 Å². The van der Waals surface area contributed by atoms with E-state index in [1.54, 1.807) is 4.90 Å². The number of rotatable bonds is 6. The van der Waals surface area contributed by atoms with Crippen LogP contribution in [0, 0.1) is 17.3 Å². The molecule has 2 saturated heterocycles. The Morgan fingerprint density at radius 1 is 1.16 bits per heavy atom. The summed E-state index contributed by atoms with van der Waals surface area (Å²) < 4.78 is 0. The van der Waals surface area contributed by atoms with Crippen LogP contribution in [0.5, 0.6) is 0 Å². The number of amides is 2. The monoisotopic (exact) mass is 423 g/mol. The first-order valence-corrected chi connectivity index (χ1v) is 10.8. The summed E-state index contributed by atoms with van der Waals surface area (Å²) in [4.78, 5) is 41.1. The summed E-state index contributed by atoms with van der Waals surface area (Å²) >= 11 is 0. The van der Waals surface area contributed by atoms with E-state index in [0.717, 1.165) is 13.1 Å². The largest absolute Gasteiger partial charge is 0.356 e. The quantitative estimate of drug-likeness (QED) is 0.726. The number of benzene rings is 1. The third-order valence-electron chi connectivity index (χ3n) is 6.17. The summed E-state index contributed by atoms with van der Waals surface area (Å²) in [5.74, 6) is 0.0679. The number of carbonyl (C=O) groups excluding carboxylic acids is 2. The minimum absolute atomic E-state index is 0.0681. The van der Waals surface area contributed by atoms with Crippen molar-refractivity contribution in [2.24, 2.45) is 17.3 Å². The topological polar surface area (TPSA) is 98.4 Å². The Balaban J connectivity index is 1.47. The van der Waals surface area contributed by atoms with E-state index in [0.29, 0.717) is 32.1 Å². The fourth-order valence-electron chi connectivity index (χ4n) is 4.63. The second-order valence-electron chi connectivity index (χ2n) is 9.18. The number of H-pyrrole nitrogens is 1. The Labute approximate surface area is 181 Å². The minimum atomic E-state index is -0.342. The van der Waals surface area contributed by atoms with Crippen molar-refractivity contribution in [3.63, 3.8) is 0 Å². The number of nitrogens with zero attached hydrogens (tertiary/aromatic N) is 3. The lowest BCUT2D eigenvalue weighted by molar-refractivity contribution is -0.131. The van der Waals surface area contributed by atoms with Gasteiger partial charge in [0.15, 0.2) is 0 Å². The highest BCUT2D eigenvalue weighted by Gasteiger charge is 2.57. The fraction of sp³-hybridized carbons (Fsp3) is 0.478. The lowest BCUT2D eigenvalue weighted by atomic mass is 9.71. The van der Waals surface area contributed by atoms with E-state index in [1.165, 1.54) is 17.7 Å². The van der Waals surface area contributed by atoms with Crippen LogP contribution in [-0.2, 0) is 11.3 Å². The molecule has 8 nitrogen and oxygen atoms in total. The van der Waals surface area contributed by atoms with Crippen molar-refractivity contribution in [3.05, 3.63) is 64.1 Å². The highest BCUT2D eigenvalue weighted by Crippen LogP contribution is 2.45. The molecule has 164 valence electrons. The molecule has 2 fully saturated rings. The van der Waals surface area contributed by atoms with Gasteiger partial charge in [0.1, 0.15) is 5.69 Å². The van der Waals surface area contributed by atoms with Crippen LogP contribution in [-0.4, -0.2) is 64.5 Å². The van der Waals surface area contributed by atoms with Gasteiger partial charge in [-0.3, -0.25) is 19.3 Å². The molecule has 2 aliphatic rings. The van der Waals surface area contributed by atoms with Gasteiger partial charge in [0.05, 0.1) is 5.92 Å². The Morgan fingerprint density at radius 3 is 2.55 bits per heavy atom. The molecule has 31 heavy (non-hydrogen) atoms. The molecule has 0 aliphatic carbocycles. The first kappa shape index (κ1) is 21.2. The first-order chi connectivity index (χ1) is 14.9. The first-order valence-electron chi connectivity index (χ1n) is 10.8. The lowest BCUT2D eigenvalue weighted by Crippen LogP contribution is -2.64. The average molecular weight is 424 g/mol. The van der Waals surface area contributed by atoms with E-state index in [-0.39, 0.29) is 34.4 Å². The predicted octanol–water partition coefficient (Wildman–Crippen LogP) is 1.12. The second kappa shape index (κ2) is 8.63. The molecular formula is C23H29N5O3. The van der Waals surface area contributed by atoms with Crippen LogP contribution in [0.3, 0.4) is 0 Å². The molecule has 0 bridgehead atoms. The second-order valence-corrected chi connectivity index (χ2v) is 9.18. The summed E-state index contributed by atoms with van der Waals surface area (Å²) in [5, 5.41) is 9.25. The Bertz CT molecular complexity index is 977. The number of aromatic nitrogens is 2. The average Bonchev–Trinajstić information content (AvgIpc) is 3.11. The van der Waals surface area contributed by atoms with Crippen LogP contribution in [0.1, 0.15) is 29.9 Å². The van der Waals surface area contributed by atoms with Crippen molar-refractivity contribution in [1.29, 1.82) is 0 Å². The molecule has 4 rings (SSSR count). The minimum Gasteiger partial charge on any atom is -0.356 e. The van der Waals surface area contributed by atoms with Crippen LogP contribution >= 0.6 is 0 Å². The summed E-state index contributed by atoms with van der Waals surface area (Å²) in [7, 11) is 0. The molecule has 1 atom stereocenters. The summed E-state index contributed by atoms with van der Waals surface area (Å²) in [6, 6.07) is 13.0. The molecule has 1 spiro atoms. The molecule has 2 aromatic rings. The highest BCUT2D eigenvalue weighted by atomic mass is 16.2. The third kappa shape index (κ3) is 4.54. The van der Waals surface area contributed by atoms with Gasteiger partial charge in [0.2, 0.25) is 5.91 Å². The number of likely N-dealkylation sites (tertiary alicyclic amines) is 2. The molecule has 1 unspecified atom stereocenters. The highest BCUT2D eigenvalue weighted by molar-refractivity contribution is 5.93. The van der Waals surface area contributed by atoms with E-state index in [1.807, 2.05) is 18.2 Å². The van der Waals surface area contributed by atoms with Crippen LogP contribution in [0.15, 0.2) is 47.3 Å². The summed E-state index contributed by atoms with van der Waals surface area (Å²) in [6.45, 7) is 8.05. The zero-order valence-electron chi connectivity index (χ0n) is 18.0. The van der Waals surface area contributed by atoms with Crippen molar-refractivity contribution in [2.75, 3.05) is 32.7 Å². The number of carbonyl (C=O) groups is 2. The Kier molecular flexibility index (Phi) is 5.91. The number of nitrogens with one attached hydrogen (secondary N) is 2. The third-order valence-corrected chi connectivity index (χ3v) is 6.17. The van der Waals surface area contributed by atoms with Crippen molar-refractivity contribution < 1.29 is 9.59 Å². The number of aromatic amines is 1. The van der Waals surface area contributed by atoms with Gasteiger partial charge >= 0.3 is 0 Å². The van der Waals surface area contributed by atoms with Crippen LogP contribution in [0.4, 0.5) is 0 Å². The Hall–Kier alpha value is -3.00. The zero-order chi connectivity index (χ0) is 22.0. The SMILES string of the molecule is CC(C)CNC(=O)C1CN(Cc2ccccc2)CC12CN(C(=O)c1ccc(=O)[nH]n1)C2. The maximum atomic E-state index is 13.0. The van der Waals surface area contributed by atoms with E-state index >= 15 is 0 Å². The predicted molar refractivity (Wildman–Crippen MR) is 116 cm³/mol.